The Bertz CT molecular complexity index is 1070. The van der Waals surface area contributed by atoms with Crippen molar-refractivity contribution >= 4 is 41.0 Å². The number of oxazole rings is 1. The highest BCUT2D eigenvalue weighted by Gasteiger charge is 2.31. The topological polar surface area (TPSA) is 137 Å². The highest BCUT2D eigenvalue weighted by atomic mass is 35.5. The maximum atomic E-state index is 12.9. The van der Waals surface area contributed by atoms with Gasteiger partial charge in [-0.05, 0) is 58.3 Å². The van der Waals surface area contributed by atoms with Crippen molar-refractivity contribution in [3.05, 3.63) is 53.8 Å². The SMILES string of the molecule is C=CN=C(SC)C(O)C(CCC(F)(F)F)NC.CCC(C)O.CNCC=O.O=Cc1cnc(-c2cc(F)ccc2Cl)o1. The average Bonchev–Trinajstić information content (AvgIpc) is 3.43. The molecule has 2 rings (SSSR count). The molecule has 42 heavy (non-hydrogen) atoms. The number of aliphatic hydroxyl groups is 2. The van der Waals surface area contributed by atoms with Crippen molar-refractivity contribution in [2.45, 2.75) is 57.5 Å². The lowest BCUT2D eigenvalue weighted by molar-refractivity contribution is -0.137. The van der Waals surface area contributed by atoms with Crippen molar-refractivity contribution < 1.29 is 41.8 Å². The molecule has 1 heterocycles. The number of carbonyl (C=O) groups excluding carboxylic acids is 2. The lowest BCUT2D eigenvalue weighted by Crippen LogP contribution is -2.42. The summed E-state index contributed by atoms with van der Waals surface area (Å²) in [6.07, 6.45) is -0.126. The van der Waals surface area contributed by atoms with E-state index in [0.29, 0.717) is 28.5 Å². The van der Waals surface area contributed by atoms with Crippen molar-refractivity contribution in [1.82, 2.24) is 15.6 Å². The smallest absolute Gasteiger partial charge is 0.389 e. The van der Waals surface area contributed by atoms with E-state index >= 15 is 0 Å². The number of aromatic nitrogens is 1. The van der Waals surface area contributed by atoms with E-state index in [1.165, 1.54) is 49.4 Å². The lowest BCUT2D eigenvalue weighted by Gasteiger charge is -2.23. The molecule has 0 saturated carbocycles. The van der Waals surface area contributed by atoms with Crippen molar-refractivity contribution in [3.8, 4) is 11.5 Å². The molecule has 3 unspecified atom stereocenters. The van der Waals surface area contributed by atoms with E-state index in [1.54, 1.807) is 20.2 Å². The lowest BCUT2D eigenvalue weighted by atomic mass is 10.1. The number of hydrogen-bond acceptors (Lipinski definition) is 10. The maximum Gasteiger partial charge on any atom is 0.389 e. The van der Waals surface area contributed by atoms with Crippen LogP contribution in [0.15, 0.2) is 46.6 Å². The Morgan fingerprint density at radius 1 is 1.29 bits per heavy atom. The third-order valence-corrected chi connectivity index (χ3v) is 5.94. The molecular weight excluding hydrogens is 604 g/mol. The molecule has 2 aromatic rings. The van der Waals surface area contributed by atoms with Gasteiger partial charge in [0, 0.05) is 18.7 Å². The number of nitrogens with zero attached hydrogens (tertiary/aromatic N) is 2. The van der Waals surface area contributed by atoms with Crippen LogP contribution < -0.4 is 10.6 Å². The van der Waals surface area contributed by atoms with Crippen LogP contribution in [-0.4, -0.2) is 84.1 Å². The quantitative estimate of drug-likeness (QED) is 0.111. The fraction of sp³-hybridized carbons (Fsp3) is 0.481. The van der Waals surface area contributed by atoms with Gasteiger partial charge in [0.2, 0.25) is 5.89 Å². The zero-order chi connectivity index (χ0) is 32.7. The van der Waals surface area contributed by atoms with Crippen LogP contribution in [0.25, 0.3) is 11.5 Å². The second-order valence-electron chi connectivity index (χ2n) is 8.14. The van der Waals surface area contributed by atoms with Gasteiger partial charge in [0.05, 0.1) is 29.4 Å². The molecular formula is C27H39ClF4N4O5S. The van der Waals surface area contributed by atoms with Gasteiger partial charge in [-0.3, -0.25) is 9.79 Å². The molecule has 3 atom stereocenters. The molecule has 0 spiro atoms. The molecule has 15 heteroatoms. The summed E-state index contributed by atoms with van der Waals surface area (Å²) in [5, 5.41) is 24.2. The van der Waals surface area contributed by atoms with Crippen molar-refractivity contribution in [3.63, 3.8) is 0 Å². The zero-order valence-electron chi connectivity index (χ0n) is 24.1. The number of carbonyl (C=O) groups is 2. The first-order valence-corrected chi connectivity index (χ1v) is 14.1. The first-order chi connectivity index (χ1) is 19.7. The minimum Gasteiger partial charge on any atom is -0.433 e. The van der Waals surface area contributed by atoms with E-state index in [1.807, 2.05) is 6.92 Å². The summed E-state index contributed by atoms with van der Waals surface area (Å²) in [5.74, 6) is -0.243. The number of nitrogens with one attached hydrogen (secondary N) is 2. The zero-order valence-corrected chi connectivity index (χ0v) is 25.7. The van der Waals surface area contributed by atoms with Crippen molar-refractivity contribution in [1.29, 1.82) is 0 Å². The van der Waals surface area contributed by atoms with Crippen LogP contribution in [0.5, 0.6) is 0 Å². The minimum atomic E-state index is -4.22. The van der Waals surface area contributed by atoms with Crippen molar-refractivity contribution in [2.75, 3.05) is 26.9 Å². The van der Waals surface area contributed by atoms with Gasteiger partial charge in [0.1, 0.15) is 23.3 Å². The standard InChI is InChI=1S/C10H5ClFNO2.C10H17F3N2OS.C4H10O.C3H7NO/c11-9-2-1-6(12)3-8(9)10-13-4-7(5-14)15-10;1-4-15-9(17-3)8(16)7(14-2)5-6-10(11,12)13;1-3-4(2)5;1-4-2-3-5/h1-5H;4,7-8,14,16H,1,5-6H2,2-3H3;4-5H,3H2,1-2H3;3-4H,2H2,1H3. The summed E-state index contributed by atoms with van der Waals surface area (Å²) in [5.41, 5.74) is 0.324. The van der Waals surface area contributed by atoms with Gasteiger partial charge in [-0.1, -0.05) is 25.1 Å². The number of aliphatic imine (C=N–C) groups is 1. The number of thioether (sulfide) groups is 1. The largest absolute Gasteiger partial charge is 0.433 e. The van der Waals surface area contributed by atoms with Crippen LogP contribution in [0.4, 0.5) is 17.6 Å². The van der Waals surface area contributed by atoms with Crippen LogP contribution in [-0.2, 0) is 4.79 Å². The first kappa shape index (κ1) is 41.5. The molecule has 0 fully saturated rings. The number of hydrogen-bond donors (Lipinski definition) is 4. The molecule has 1 aromatic heterocycles. The second-order valence-corrected chi connectivity index (χ2v) is 9.37. The van der Waals surface area contributed by atoms with E-state index < -0.39 is 30.6 Å². The van der Waals surface area contributed by atoms with Crippen LogP contribution in [0.3, 0.4) is 0 Å². The number of halogens is 5. The highest BCUT2D eigenvalue weighted by molar-refractivity contribution is 8.13. The molecule has 4 N–H and O–H groups in total. The van der Waals surface area contributed by atoms with Gasteiger partial charge in [0.15, 0.2) is 12.0 Å². The van der Waals surface area contributed by atoms with E-state index in [0.717, 1.165) is 12.7 Å². The summed E-state index contributed by atoms with van der Waals surface area (Å²) in [6.45, 7) is 7.57. The molecule has 0 amide bonds. The van der Waals surface area contributed by atoms with Gasteiger partial charge in [-0.25, -0.2) is 9.37 Å². The molecule has 1 aromatic carbocycles. The maximum absolute atomic E-state index is 12.9. The number of aldehydes is 2. The molecule has 0 bridgehead atoms. The molecule has 0 aliphatic rings. The summed E-state index contributed by atoms with van der Waals surface area (Å²) >= 11 is 7.02. The Balaban J connectivity index is 0. The number of likely N-dealkylation sites (N-methyl/N-ethyl adjacent to an activating group) is 2. The molecule has 0 aliphatic heterocycles. The highest BCUT2D eigenvalue weighted by Crippen LogP contribution is 2.28. The van der Waals surface area contributed by atoms with E-state index in [2.05, 4.69) is 27.2 Å². The predicted molar refractivity (Wildman–Crippen MR) is 160 cm³/mol. The number of rotatable bonds is 11. The Morgan fingerprint density at radius 3 is 2.29 bits per heavy atom. The molecule has 9 nitrogen and oxygen atoms in total. The Labute approximate surface area is 252 Å². The predicted octanol–water partition coefficient (Wildman–Crippen LogP) is 5.31. The van der Waals surface area contributed by atoms with Gasteiger partial charge < -0.3 is 30.1 Å². The Kier molecular flexibility index (Phi) is 23.6. The van der Waals surface area contributed by atoms with E-state index in [9.17, 15) is 32.3 Å². The van der Waals surface area contributed by atoms with E-state index in [-0.39, 0.29) is 24.2 Å². The fourth-order valence-electron chi connectivity index (χ4n) is 2.50. The van der Waals surface area contributed by atoms with Crippen LogP contribution in [0, 0.1) is 5.82 Å². The van der Waals surface area contributed by atoms with Gasteiger partial charge >= 0.3 is 6.18 Å². The van der Waals surface area contributed by atoms with Crippen molar-refractivity contribution in [2.24, 2.45) is 4.99 Å². The summed E-state index contributed by atoms with van der Waals surface area (Å²) in [7, 11) is 3.24. The average molecular weight is 643 g/mol. The molecule has 238 valence electrons. The monoisotopic (exact) mass is 642 g/mol. The summed E-state index contributed by atoms with van der Waals surface area (Å²) < 4.78 is 54.2. The van der Waals surface area contributed by atoms with Gasteiger partial charge in [-0.2, -0.15) is 13.2 Å². The minimum absolute atomic E-state index is 0.0744. The molecule has 0 saturated heterocycles. The number of aliphatic hydroxyl groups excluding tert-OH is 2. The van der Waals surface area contributed by atoms with E-state index in [4.69, 9.17) is 21.1 Å². The second kappa shape index (κ2) is 23.9. The van der Waals surface area contributed by atoms with Crippen LogP contribution in [0.1, 0.15) is 43.7 Å². The van der Waals surface area contributed by atoms with Gasteiger partial charge in [0.25, 0.3) is 0 Å². The van der Waals surface area contributed by atoms with Gasteiger partial charge in [-0.15, -0.1) is 11.8 Å². The summed E-state index contributed by atoms with van der Waals surface area (Å²) in [4.78, 5) is 27.3. The van der Waals surface area contributed by atoms with Crippen LogP contribution in [0.2, 0.25) is 5.02 Å². The first-order valence-electron chi connectivity index (χ1n) is 12.5. The Morgan fingerprint density at radius 2 is 1.90 bits per heavy atom. The fourth-order valence-corrected chi connectivity index (χ4v) is 3.29. The molecule has 0 radical (unpaired) electrons. The molecule has 0 aliphatic carbocycles. The Hall–Kier alpha value is -2.62. The number of benzene rings is 1. The van der Waals surface area contributed by atoms with Crippen LogP contribution >= 0.6 is 23.4 Å². The normalized spacial score (nSPS) is 13.1. The third kappa shape index (κ3) is 19.5. The number of alkyl halides is 3. The third-order valence-electron chi connectivity index (χ3n) is 4.85. The summed E-state index contributed by atoms with van der Waals surface area (Å²) in [6, 6.07) is 3.15.